The van der Waals surface area contributed by atoms with Crippen LogP contribution < -0.4 is 0 Å². The van der Waals surface area contributed by atoms with Crippen molar-refractivity contribution in [2.45, 2.75) is 181 Å². The number of rotatable bonds is 42. The molecule has 1 atom stereocenters. The summed E-state index contributed by atoms with van der Waals surface area (Å²) in [5, 5.41) is 0. The highest BCUT2D eigenvalue weighted by molar-refractivity contribution is 5.71. The molecule has 0 saturated heterocycles. The Kier molecular flexibility index (Phi) is 47.7. The molecule has 0 aromatic rings. The van der Waals surface area contributed by atoms with E-state index in [4.69, 9.17) is 14.2 Å². The van der Waals surface area contributed by atoms with Gasteiger partial charge in [-0.2, -0.15) is 0 Å². The fourth-order valence-electron chi connectivity index (χ4n) is 5.88. The lowest BCUT2D eigenvalue weighted by molar-refractivity contribution is -0.162. The van der Waals surface area contributed by atoms with Crippen molar-refractivity contribution in [3.8, 4) is 0 Å². The van der Waals surface area contributed by atoms with Crippen molar-refractivity contribution in [3.05, 3.63) is 146 Å². The zero-order valence-electron chi connectivity index (χ0n) is 39.6. The second-order valence-electron chi connectivity index (χ2n) is 15.2. The van der Waals surface area contributed by atoms with Gasteiger partial charge in [-0.15, -0.1) is 0 Å². The SMILES string of the molecule is CC/C=C\C/C=C\C/C=C\C/C=C\C/C=C\CC(=O)OC(COCCCCCC/C=C\C/C=C\C/C=C\CC)COC(=O)CCCCCC/C=C\C/C=C\C/C=C\C/C=C\CC. The van der Waals surface area contributed by atoms with Crippen LogP contribution in [0.5, 0.6) is 0 Å². The Morgan fingerprint density at radius 2 is 0.726 bits per heavy atom. The second-order valence-corrected chi connectivity index (χ2v) is 15.2. The van der Waals surface area contributed by atoms with Gasteiger partial charge in [-0.25, -0.2) is 0 Å². The van der Waals surface area contributed by atoms with E-state index in [1.54, 1.807) is 0 Å². The maximum atomic E-state index is 12.7. The van der Waals surface area contributed by atoms with Gasteiger partial charge in [0.2, 0.25) is 0 Å². The Hall–Kier alpha value is -4.22. The molecule has 0 amide bonds. The minimum Gasteiger partial charge on any atom is -0.462 e. The van der Waals surface area contributed by atoms with Gasteiger partial charge in [0.05, 0.1) is 13.0 Å². The van der Waals surface area contributed by atoms with Gasteiger partial charge in [0.25, 0.3) is 0 Å². The Balaban J connectivity index is 4.51. The topological polar surface area (TPSA) is 61.8 Å². The first-order valence-electron chi connectivity index (χ1n) is 24.4. The van der Waals surface area contributed by atoms with Crippen molar-refractivity contribution in [1.29, 1.82) is 0 Å². The molecule has 5 heteroatoms. The first-order valence-corrected chi connectivity index (χ1v) is 24.4. The zero-order valence-corrected chi connectivity index (χ0v) is 39.6. The summed E-state index contributed by atoms with van der Waals surface area (Å²) in [4.78, 5) is 25.3. The maximum absolute atomic E-state index is 12.7. The van der Waals surface area contributed by atoms with Crippen LogP contribution in [-0.2, 0) is 23.8 Å². The predicted molar refractivity (Wildman–Crippen MR) is 269 cm³/mol. The van der Waals surface area contributed by atoms with Gasteiger partial charge in [0.1, 0.15) is 6.61 Å². The van der Waals surface area contributed by atoms with Crippen LogP contribution >= 0.6 is 0 Å². The summed E-state index contributed by atoms with van der Waals surface area (Å²) in [5.74, 6) is -0.599. The molecular formula is C57H88O5. The number of carbonyl (C=O) groups is 2. The van der Waals surface area contributed by atoms with E-state index in [2.05, 4.69) is 154 Å². The van der Waals surface area contributed by atoms with Gasteiger partial charge < -0.3 is 14.2 Å². The molecule has 5 nitrogen and oxygen atoms in total. The molecule has 0 aromatic carbocycles. The van der Waals surface area contributed by atoms with E-state index in [0.717, 1.165) is 141 Å². The molecule has 0 aliphatic rings. The number of unbranched alkanes of at least 4 members (excludes halogenated alkanes) is 8. The third kappa shape index (κ3) is 48.4. The fraction of sp³-hybridized carbons (Fsp3) is 0.544. The predicted octanol–water partition coefficient (Wildman–Crippen LogP) is 16.6. The van der Waals surface area contributed by atoms with Crippen LogP contribution in [0.2, 0.25) is 0 Å². The molecule has 0 spiro atoms. The molecule has 0 rings (SSSR count). The lowest BCUT2D eigenvalue weighted by atomic mass is 10.1. The summed E-state index contributed by atoms with van der Waals surface area (Å²) in [6.45, 7) is 7.27. The van der Waals surface area contributed by atoms with Crippen LogP contribution in [0.1, 0.15) is 175 Å². The molecular weight excluding hydrogens is 765 g/mol. The van der Waals surface area contributed by atoms with E-state index in [1.807, 2.05) is 12.2 Å². The van der Waals surface area contributed by atoms with Crippen LogP contribution in [0.25, 0.3) is 0 Å². The molecule has 0 fully saturated rings. The molecule has 0 saturated carbocycles. The zero-order chi connectivity index (χ0) is 44.9. The number of esters is 2. The number of hydrogen-bond acceptors (Lipinski definition) is 5. The van der Waals surface area contributed by atoms with Gasteiger partial charge in [0, 0.05) is 13.0 Å². The Bertz CT molecular complexity index is 1380. The first kappa shape index (κ1) is 57.8. The lowest BCUT2D eigenvalue weighted by Crippen LogP contribution is -2.29. The van der Waals surface area contributed by atoms with Crippen molar-refractivity contribution in [3.63, 3.8) is 0 Å². The number of hydrogen-bond donors (Lipinski definition) is 0. The van der Waals surface area contributed by atoms with Crippen molar-refractivity contribution in [2.24, 2.45) is 0 Å². The number of carbonyl (C=O) groups excluding carboxylic acids is 2. The molecule has 0 heterocycles. The van der Waals surface area contributed by atoms with Crippen LogP contribution in [0.4, 0.5) is 0 Å². The smallest absolute Gasteiger partial charge is 0.310 e. The molecule has 0 aliphatic heterocycles. The summed E-state index contributed by atoms with van der Waals surface area (Å²) < 4.78 is 17.2. The second kappa shape index (κ2) is 51.1. The summed E-state index contributed by atoms with van der Waals surface area (Å²) in [6, 6.07) is 0. The molecule has 0 bridgehead atoms. The largest absolute Gasteiger partial charge is 0.462 e. The molecule has 0 aliphatic carbocycles. The highest BCUT2D eigenvalue weighted by Crippen LogP contribution is 2.10. The molecule has 0 N–H and O–H groups in total. The van der Waals surface area contributed by atoms with E-state index in [1.165, 1.54) is 0 Å². The van der Waals surface area contributed by atoms with E-state index < -0.39 is 6.10 Å². The molecule has 1 unspecified atom stereocenters. The van der Waals surface area contributed by atoms with Gasteiger partial charge in [-0.05, 0) is 116 Å². The molecule has 346 valence electrons. The fourth-order valence-corrected chi connectivity index (χ4v) is 5.88. The third-order valence-corrected chi connectivity index (χ3v) is 9.38. The van der Waals surface area contributed by atoms with E-state index >= 15 is 0 Å². The van der Waals surface area contributed by atoms with Gasteiger partial charge in [-0.1, -0.05) is 192 Å². The normalized spacial score (nSPS) is 13.5. The molecule has 62 heavy (non-hydrogen) atoms. The maximum Gasteiger partial charge on any atom is 0.310 e. The van der Waals surface area contributed by atoms with Crippen LogP contribution in [0, 0.1) is 0 Å². The summed E-state index contributed by atoms with van der Waals surface area (Å²) in [7, 11) is 0. The quantitative estimate of drug-likeness (QED) is 0.0348. The average molecular weight is 853 g/mol. The van der Waals surface area contributed by atoms with Gasteiger partial charge >= 0.3 is 11.9 Å². The van der Waals surface area contributed by atoms with E-state index in [9.17, 15) is 9.59 Å². The van der Waals surface area contributed by atoms with Gasteiger partial charge in [0.15, 0.2) is 6.10 Å². The molecule has 0 aromatic heterocycles. The van der Waals surface area contributed by atoms with Crippen molar-refractivity contribution in [2.75, 3.05) is 19.8 Å². The highest BCUT2D eigenvalue weighted by Gasteiger charge is 2.17. The first-order chi connectivity index (χ1) is 30.6. The lowest BCUT2D eigenvalue weighted by Gasteiger charge is -2.18. The monoisotopic (exact) mass is 853 g/mol. The summed E-state index contributed by atoms with van der Waals surface area (Å²) in [6.07, 6.45) is 74.5. The number of allylic oxidation sites excluding steroid dienone is 23. The highest BCUT2D eigenvalue weighted by atomic mass is 16.6. The van der Waals surface area contributed by atoms with Crippen LogP contribution in [-0.4, -0.2) is 37.9 Å². The van der Waals surface area contributed by atoms with Gasteiger partial charge in [-0.3, -0.25) is 9.59 Å². The third-order valence-electron chi connectivity index (χ3n) is 9.38. The van der Waals surface area contributed by atoms with Crippen LogP contribution in [0.15, 0.2) is 146 Å². The van der Waals surface area contributed by atoms with Crippen molar-refractivity contribution >= 4 is 11.9 Å². The summed E-state index contributed by atoms with van der Waals surface area (Å²) in [5.41, 5.74) is 0. The minimum absolute atomic E-state index is 0.0129. The van der Waals surface area contributed by atoms with Crippen LogP contribution in [0.3, 0.4) is 0 Å². The Morgan fingerprint density at radius 3 is 1.15 bits per heavy atom. The number of ether oxygens (including phenoxy) is 3. The summed E-state index contributed by atoms with van der Waals surface area (Å²) >= 11 is 0. The van der Waals surface area contributed by atoms with Crippen molar-refractivity contribution < 1.29 is 23.8 Å². The Labute approximate surface area is 381 Å². The Morgan fingerprint density at radius 1 is 0.371 bits per heavy atom. The standard InChI is InChI=1S/C57H88O5/c1-4-7-10-13-16-19-22-25-28-29-31-32-35-38-41-44-47-50-56(58)61-54-55(53-60-52-49-46-43-40-37-34-27-24-21-18-15-12-9-6-3)62-57(59)51-48-45-42-39-36-33-30-26-23-20-17-14-11-8-5-2/h7-12,16-21,25-28,30-32,34,36,39,45,48,55H,4-6,13-15,22-24,29,33,35,37-38,40-44,46-47,49-54H2,1-3H3/b10-7-,11-8-,12-9-,19-16-,20-17-,21-18-,28-25-,30-26-,32-31-,34-27-,39-36-,48-45-. The minimum atomic E-state index is -0.623. The van der Waals surface area contributed by atoms with Crippen molar-refractivity contribution in [1.82, 2.24) is 0 Å². The average Bonchev–Trinajstić information content (AvgIpc) is 3.27. The van der Waals surface area contributed by atoms with E-state index in [-0.39, 0.29) is 31.6 Å². The van der Waals surface area contributed by atoms with E-state index in [0.29, 0.717) is 13.0 Å². The molecule has 0 radical (unpaired) electrons.